The summed E-state index contributed by atoms with van der Waals surface area (Å²) in [6, 6.07) is 16.6. The Hall–Kier alpha value is -2.33. The molecule has 1 amide bonds. The fraction of sp³-hybridized carbons (Fsp3) is 0.211. The molecule has 0 N–H and O–H groups in total. The number of carbonyl (C=O) groups is 1. The fourth-order valence-electron chi connectivity index (χ4n) is 2.57. The van der Waals surface area contributed by atoms with Crippen molar-refractivity contribution in [1.29, 1.82) is 0 Å². The quantitative estimate of drug-likeness (QED) is 0.708. The number of carbonyl (C=O) groups excluding carboxylic acids is 1. The minimum atomic E-state index is 0.117. The molecule has 0 unspecified atom stereocenters. The van der Waals surface area contributed by atoms with Crippen LogP contribution in [0.3, 0.4) is 0 Å². The van der Waals surface area contributed by atoms with Gasteiger partial charge in [0.25, 0.3) is 0 Å². The Morgan fingerprint density at radius 2 is 1.83 bits per heavy atom. The van der Waals surface area contributed by atoms with Gasteiger partial charge >= 0.3 is 0 Å². The van der Waals surface area contributed by atoms with Crippen LogP contribution in [0.4, 0.5) is 5.69 Å². The predicted octanol–water partition coefficient (Wildman–Crippen LogP) is 4.00. The van der Waals surface area contributed by atoms with Crippen molar-refractivity contribution in [3.05, 3.63) is 64.9 Å². The smallest absolute Gasteiger partial charge is 0.242 e. The summed E-state index contributed by atoms with van der Waals surface area (Å²) in [6.07, 6.45) is 0. The van der Waals surface area contributed by atoms with Gasteiger partial charge in [0.15, 0.2) is 0 Å². The van der Waals surface area contributed by atoms with Crippen molar-refractivity contribution in [1.82, 2.24) is 4.90 Å². The number of likely N-dealkylation sites (N-methyl/N-ethyl adjacent to an activating group) is 2. The fourth-order valence-corrected chi connectivity index (χ4v) is 3.23. The summed E-state index contributed by atoms with van der Waals surface area (Å²) < 4.78 is 0. The van der Waals surface area contributed by atoms with Crippen molar-refractivity contribution in [2.75, 3.05) is 25.5 Å². The van der Waals surface area contributed by atoms with E-state index >= 15 is 0 Å². The molecule has 0 radical (unpaired) electrons. The molecule has 4 heteroatoms. The highest BCUT2D eigenvalue weighted by Gasteiger charge is 2.13. The van der Waals surface area contributed by atoms with Crippen LogP contribution in [-0.2, 0) is 11.3 Å². The lowest BCUT2D eigenvalue weighted by molar-refractivity contribution is -0.128. The Labute approximate surface area is 140 Å². The first-order valence-electron chi connectivity index (χ1n) is 7.58. The van der Waals surface area contributed by atoms with Crippen molar-refractivity contribution in [2.45, 2.75) is 6.54 Å². The third kappa shape index (κ3) is 3.71. The molecule has 1 heterocycles. The first-order chi connectivity index (χ1) is 11.1. The van der Waals surface area contributed by atoms with E-state index in [4.69, 9.17) is 0 Å². The van der Waals surface area contributed by atoms with Crippen LogP contribution in [0, 0.1) is 0 Å². The maximum absolute atomic E-state index is 12.4. The van der Waals surface area contributed by atoms with Crippen LogP contribution in [-0.4, -0.2) is 31.4 Å². The molecule has 2 aromatic carbocycles. The minimum Gasteiger partial charge on any atom is -0.365 e. The van der Waals surface area contributed by atoms with Crippen molar-refractivity contribution in [3.8, 4) is 0 Å². The molecule has 3 nitrogen and oxygen atoms in total. The molecule has 23 heavy (non-hydrogen) atoms. The Morgan fingerprint density at radius 1 is 1.04 bits per heavy atom. The summed E-state index contributed by atoms with van der Waals surface area (Å²) in [5.74, 6) is 0.117. The first kappa shape index (κ1) is 15.6. The van der Waals surface area contributed by atoms with E-state index in [2.05, 4.69) is 41.8 Å². The number of nitrogens with zero attached hydrogens (tertiary/aromatic N) is 2. The summed E-state index contributed by atoms with van der Waals surface area (Å²) in [5, 5.41) is 6.52. The van der Waals surface area contributed by atoms with Crippen molar-refractivity contribution >= 4 is 33.7 Å². The van der Waals surface area contributed by atoms with Gasteiger partial charge in [0.1, 0.15) is 0 Å². The minimum absolute atomic E-state index is 0.117. The summed E-state index contributed by atoms with van der Waals surface area (Å²) in [4.78, 5) is 16.2. The van der Waals surface area contributed by atoms with E-state index < -0.39 is 0 Å². The molecule has 0 saturated carbocycles. The number of amides is 1. The van der Waals surface area contributed by atoms with Crippen LogP contribution in [0.15, 0.2) is 59.3 Å². The monoisotopic (exact) mass is 324 g/mol. The third-order valence-electron chi connectivity index (χ3n) is 3.97. The lowest BCUT2D eigenvalue weighted by Gasteiger charge is -2.23. The number of hydrogen-bond donors (Lipinski definition) is 0. The highest BCUT2D eigenvalue weighted by Crippen LogP contribution is 2.21. The average Bonchev–Trinajstić information content (AvgIpc) is 3.07. The van der Waals surface area contributed by atoms with Crippen LogP contribution < -0.4 is 4.90 Å². The summed E-state index contributed by atoms with van der Waals surface area (Å²) >= 11 is 1.66. The van der Waals surface area contributed by atoms with Crippen LogP contribution in [0.5, 0.6) is 0 Å². The number of fused-ring (bicyclic) bond motifs is 1. The highest BCUT2D eigenvalue weighted by molar-refractivity contribution is 7.07. The number of anilines is 1. The predicted molar refractivity (Wildman–Crippen MR) is 98.0 cm³/mol. The van der Waals surface area contributed by atoms with E-state index in [9.17, 15) is 4.79 Å². The largest absolute Gasteiger partial charge is 0.365 e. The molecule has 0 fully saturated rings. The number of rotatable bonds is 5. The van der Waals surface area contributed by atoms with Crippen LogP contribution >= 0.6 is 11.3 Å². The zero-order valence-electron chi connectivity index (χ0n) is 13.4. The third-order valence-corrected chi connectivity index (χ3v) is 4.70. The van der Waals surface area contributed by atoms with Crippen LogP contribution in [0.25, 0.3) is 10.8 Å². The molecular weight excluding hydrogens is 304 g/mol. The van der Waals surface area contributed by atoms with Crippen molar-refractivity contribution in [3.63, 3.8) is 0 Å². The molecule has 0 bridgehead atoms. The second kappa shape index (κ2) is 6.84. The molecule has 3 aromatic rings. The SMILES string of the molecule is CN(Cc1ccsc1)C(=O)CN(C)c1ccc2ccccc2c1. The Kier molecular flexibility index (Phi) is 4.63. The molecule has 0 saturated heterocycles. The van der Waals surface area contributed by atoms with Gasteiger partial charge in [0.05, 0.1) is 6.54 Å². The van der Waals surface area contributed by atoms with E-state index in [-0.39, 0.29) is 5.91 Å². The zero-order chi connectivity index (χ0) is 16.2. The van der Waals surface area contributed by atoms with Gasteiger partial charge in [-0.05, 0) is 45.3 Å². The van der Waals surface area contributed by atoms with E-state index in [0.29, 0.717) is 13.1 Å². The summed E-state index contributed by atoms with van der Waals surface area (Å²) in [7, 11) is 3.81. The number of thiophene rings is 1. The number of hydrogen-bond acceptors (Lipinski definition) is 3. The van der Waals surface area contributed by atoms with Crippen LogP contribution in [0.2, 0.25) is 0 Å². The lowest BCUT2D eigenvalue weighted by atomic mass is 10.1. The Morgan fingerprint density at radius 3 is 2.57 bits per heavy atom. The molecule has 0 atom stereocenters. The van der Waals surface area contributed by atoms with Crippen molar-refractivity contribution in [2.24, 2.45) is 0 Å². The topological polar surface area (TPSA) is 23.6 Å². The average molecular weight is 324 g/mol. The summed E-state index contributed by atoms with van der Waals surface area (Å²) in [5.41, 5.74) is 2.24. The van der Waals surface area contributed by atoms with Gasteiger partial charge in [-0.25, -0.2) is 0 Å². The Bertz CT molecular complexity index is 798. The van der Waals surface area contributed by atoms with Crippen LogP contribution in [0.1, 0.15) is 5.56 Å². The van der Waals surface area contributed by atoms with Crippen molar-refractivity contribution < 1.29 is 4.79 Å². The molecule has 1 aromatic heterocycles. The number of benzene rings is 2. The second-order valence-corrected chi connectivity index (χ2v) is 6.55. The van der Waals surface area contributed by atoms with E-state index in [0.717, 1.165) is 5.69 Å². The lowest BCUT2D eigenvalue weighted by Crippen LogP contribution is -2.36. The Balaban J connectivity index is 1.67. The highest BCUT2D eigenvalue weighted by atomic mass is 32.1. The van der Waals surface area contributed by atoms with Gasteiger partial charge in [-0.1, -0.05) is 30.3 Å². The first-order valence-corrected chi connectivity index (χ1v) is 8.53. The van der Waals surface area contributed by atoms with Gasteiger partial charge in [-0.2, -0.15) is 11.3 Å². The van der Waals surface area contributed by atoms with E-state index in [1.807, 2.05) is 36.5 Å². The molecular formula is C19H20N2OS. The molecule has 0 spiro atoms. The summed E-state index contributed by atoms with van der Waals surface area (Å²) in [6.45, 7) is 1.03. The zero-order valence-corrected chi connectivity index (χ0v) is 14.2. The van der Waals surface area contributed by atoms with Gasteiger partial charge in [-0.3, -0.25) is 4.79 Å². The normalized spacial score (nSPS) is 10.7. The molecule has 0 aliphatic heterocycles. The molecule has 3 rings (SSSR count). The maximum Gasteiger partial charge on any atom is 0.242 e. The van der Waals surface area contributed by atoms with Gasteiger partial charge < -0.3 is 9.80 Å². The maximum atomic E-state index is 12.4. The second-order valence-electron chi connectivity index (χ2n) is 5.77. The van der Waals surface area contributed by atoms with Gasteiger partial charge in [0.2, 0.25) is 5.91 Å². The van der Waals surface area contributed by atoms with Gasteiger partial charge in [-0.15, -0.1) is 0 Å². The molecule has 0 aliphatic rings. The van der Waals surface area contributed by atoms with E-state index in [1.165, 1.54) is 16.3 Å². The van der Waals surface area contributed by atoms with Gasteiger partial charge in [0, 0.05) is 26.3 Å². The molecule has 118 valence electrons. The van der Waals surface area contributed by atoms with E-state index in [1.54, 1.807) is 16.2 Å². The standard InChI is InChI=1S/C19H20N2OS/c1-20(13-19(22)21(2)12-15-9-10-23-14-15)18-8-7-16-5-3-4-6-17(16)11-18/h3-11,14H,12-13H2,1-2H3. The molecule has 0 aliphatic carbocycles.